The minimum absolute atomic E-state index is 0.0170. The van der Waals surface area contributed by atoms with Gasteiger partial charge >= 0.3 is 0 Å². The summed E-state index contributed by atoms with van der Waals surface area (Å²) in [6.07, 6.45) is 4.92. The minimum Gasteiger partial charge on any atom is -0.350 e. The number of aromatic nitrogens is 4. The molecular weight excluding hydrogens is 326 g/mol. The van der Waals surface area contributed by atoms with Gasteiger partial charge in [0.05, 0.1) is 22.8 Å². The van der Waals surface area contributed by atoms with Gasteiger partial charge in [0.25, 0.3) is 0 Å². The lowest BCUT2D eigenvalue weighted by molar-refractivity contribution is -0.121. The highest BCUT2D eigenvalue weighted by Gasteiger charge is 2.12. The Hall–Kier alpha value is -2.34. The van der Waals surface area contributed by atoms with Gasteiger partial charge in [-0.05, 0) is 12.1 Å². The number of imidazole rings is 1. The summed E-state index contributed by atoms with van der Waals surface area (Å²) in [5.74, 6) is 0.974. The molecule has 0 spiro atoms. The third-order valence-corrected chi connectivity index (χ3v) is 4.37. The van der Waals surface area contributed by atoms with Gasteiger partial charge in [-0.2, -0.15) is 5.10 Å². The first-order valence-corrected chi connectivity index (χ1v) is 8.34. The molecule has 0 aliphatic carbocycles. The molecule has 3 rings (SSSR count). The van der Waals surface area contributed by atoms with Crippen molar-refractivity contribution in [2.75, 3.05) is 0 Å². The zero-order chi connectivity index (χ0) is 17.1. The number of rotatable bonds is 6. The van der Waals surface area contributed by atoms with Crippen LogP contribution in [-0.4, -0.2) is 25.2 Å². The van der Waals surface area contributed by atoms with E-state index in [4.69, 9.17) is 11.6 Å². The van der Waals surface area contributed by atoms with Crippen LogP contribution in [0.3, 0.4) is 0 Å². The van der Waals surface area contributed by atoms with Crippen molar-refractivity contribution in [3.8, 4) is 0 Å². The molecule has 24 heavy (non-hydrogen) atoms. The SMILES string of the molecule is CCc1nccn1CCC(=O)NCc1nn(C)c2cccc(Cl)c12. The van der Waals surface area contributed by atoms with Gasteiger partial charge in [-0.15, -0.1) is 0 Å². The standard InChI is InChI=1S/C17H20ClN5O/c1-3-15-19-8-10-23(15)9-7-16(24)20-11-13-17-12(18)5-4-6-14(17)22(2)21-13/h4-6,8,10H,3,7,9,11H2,1-2H3,(H,20,24). The van der Waals surface area contributed by atoms with Crippen LogP contribution in [-0.2, 0) is 31.4 Å². The van der Waals surface area contributed by atoms with E-state index in [2.05, 4.69) is 22.3 Å². The van der Waals surface area contributed by atoms with E-state index in [1.54, 1.807) is 10.9 Å². The van der Waals surface area contributed by atoms with Crippen molar-refractivity contribution in [2.24, 2.45) is 7.05 Å². The first-order valence-electron chi connectivity index (χ1n) is 7.97. The summed E-state index contributed by atoms with van der Waals surface area (Å²) in [5.41, 5.74) is 1.74. The molecule has 0 aliphatic rings. The Morgan fingerprint density at radius 3 is 3.00 bits per heavy atom. The number of nitrogens with one attached hydrogen (secondary N) is 1. The molecule has 0 fully saturated rings. The van der Waals surface area contributed by atoms with Crippen LogP contribution in [0.15, 0.2) is 30.6 Å². The molecule has 1 aromatic carbocycles. The van der Waals surface area contributed by atoms with E-state index >= 15 is 0 Å². The fraction of sp³-hybridized carbons (Fsp3) is 0.353. The number of nitrogens with zero attached hydrogens (tertiary/aromatic N) is 4. The van der Waals surface area contributed by atoms with Gasteiger partial charge in [0.15, 0.2) is 0 Å². The molecule has 0 aliphatic heterocycles. The van der Waals surface area contributed by atoms with E-state index in [-0.39, 0.29) is 5.91 Å². The maximum Gasteiger partial charge on any atom is 0.222 e. The molecule has 3 aromatic rings. The third-order valence-electron chi connectivity index (χ3n) is 4.05. The lowest BCUT2D eigenvalue weighted by Crippen LogP contribution is -2.24. The van der Waals surface area contributed by atoms with Crippen LogP contribution in [0.4, 0.5) is 0 Å². The van der Waals surface area contributed by atoms with E-state index in [0.29, 0.717) is 24.5 Å². The van der Waals surface area contributed by atoms with Gasteiger partial charge in [-0.1, -0.05) is 24.6 Å². The average Bonchev–Trinajstić information content (AvgIpc) is 3.16. The molecule has 7 heteroatoms. The molecular formula is C17H20ClN5O. The number of carbonyl (C=O) groups excluding carboxylic acids is 1. The van der Waals surface area contributed by atoms with E-state index in [0.717, 1.165) is 28.8 Å². The van der Waals surface area contributed by atoms with Crippen molar-refractivity contribution in [1.29, 1.82) is 0 Å². The normalized spacial score (nSPS) is 11.1. The summed E-state index contributed by atoms with van der Waals surface area (Å²) >= 11 is 6.28. The number of fused-ring (bicyclic) bond motifs is 1. The van der Waals surface area contributed by atoms with E-state index in [1.165, 1.54) is 0 Å². The van der Waals surface area contributed by atoms with Crippen LogP contribution in [0.2, 0.25) is 5.02 Å². The van der Waals surface area contributed by atoms with Crippen LogP contribution < -0.4 is 5.32 Å². The number of carbonyl (C=O) groups is 1. The molecule has 0 bridgehead atoms. The Balaban J connectivity index is 1.63. The van der Waals surface area contributed by atoms with Gasteiger partial charge in [0.2, 0.25) is 5.91 Å². The fourth-order valence-electron chi connectivity index (χ4n) is 2.83. The summed E-state index contributed by atoms with van der Waals surface area (Å²) < 4.78 is 3.79. The molecule has 0 saturated carbocycles. The number of aryl methyl sites for hydroxylation is 3. The Bertz CT molecular complexity index is 867. The predicted octanol–water partition coefficient (Wildman–Crippen LogP) is 2.69. The second kappa shape index (κ2) is 7.05. The Kier molecular flexibility index (Phi) is 4.85. The van der Waals surface area contributed by atoms with Crippen LogP contribution in [0.25, 0.3) is 10.9 Å². The Labute approximate surface area is 145 Å². The monoisotopic (exact) mass is 345 g/mol. The molecule has 6 nitrogen and oxygen atoms in total. The highest BCUT2D eigenvalue weighted by molar-refractivity contribution is 6.35. The number of benzene rings is 1. The van der Waals surface area contributed by atoms with Crippen molar-refractivity contribution in [3.05, 3.63) is 47.1 Å². The van der Waals surface area contributed by atoms with Crippen molar-refractivity contribution in [2.45, 2.75) is 32.9 Å². The van der Waals surface area contributed by atoms with E-state index in [9.17, 15) is 4.79 Å². The molecule has 2 aromatic heterocycles. The summed E-state index contributed by atoms with van der Waals surface area (Å²) in [6.45, 7) is 3.04. The Morgan fingerprint density at radius 1 is 1.38 bits per heavy atom. The van der Waals surface area contributed by atoms with Crippen molar-refractivity contribution in [3.63, 3.8) is 0 Å². The zero-order valence-corrected chi connectivity index (χ0v) is 14.5. The molecule has 1 amide bonds. The second-order valence-corrected chi connectivity index (χ2v) is 6.03. The fourth-order valence-corrected chi connectivity index (χ4v) is 3.11. The molecule has 1 N–H and O–H groups in total. The van der Waals surface area contributed by atoms with Crippen molar-refractivity contribution >= 4 is 28.4 Å². The largest absolute Gasteiger partial charge is 0.350 e. The van der Waals surface area contributed by atoms with E-state index < -0.39 is 0 Å². The third kappa shape index (κ3) is 3.28. The molecule has 0 unspecified atom stereocenters. The summed E-state index contributed by atoms with van der Waals surface area (Å²) in [4.78, 5) is 16.4. The summed E-state index contributed by atoms with van der Waals surface area (Å²) in [6, 6.07) is 5.69. The van der Waals surface area contributed by atoms with Crippen molar-refractivity contribution < 1.29 is 4.79 Å². The van der Waals surface area contributed by atoms with Gasteiger partial charge in [0.1, 0.15) is 5.82 Å². The lowest BCUT2D eigenvalue weighted by atomic mass is 10.2. The van der Waals surface area contributed by atoms with Crippen LogP contribution in [0, 0.1) is 0 Å². The molecule has 2 heterocycles. The number of hydrogen-bond acceptors (Lipinski definition) is 3. The minimum atomic E-state index is -0.0170. The maximum atomic E-state index is 12.1. The van der Waals surface area contributed by atoms with E-state index in [1.807, 2.05) is 36.0 Å². The predicted molar refractivity (Wildman–Crippen MR) is 93.8 cm³/mol. The number of amides is 1. The highest BCUT2D eigenvalue weighted by Crippen LogP contribution is 2.26. The second-order valence-electron chi connectivity index (χ2n) is 5.62. The van der Waals surface area contributed by atoms with Crippen molar-refractivity contribution in [1.82, 2.24) is 24.6 Å². The molecule has 0 radical (unpaired) electrons. The lowest BCUT2D eigenvalue weighted by Gasteiger charge is -2.07. The van der Waals surface area contributed by atoms with Crippen LogP contribution in [0.5, 0.6) is 0 Å². The number of halogens is 1. The smallest absolute Gasteiger partial charge is 0.222 e. The molecule has 0 saturated heterocycles. The summed E-state index contributed by atoms with van der Waals surface area (Å²) in [5, 5.41) is 8.93. The van der Waals surface area contributed by atoms with Gasteiger partial charge < -0.3 is 9.88 Å². The van der Waals surface area contributed by atoms with Gasteiger partial charge in [-0.3, -0.25) is 9.48 Å². The van der Waals surface area contributed by atoms with Crippen LogP contribution >= 0.6 is 11.6 Å². The van der Waals surface area contributed by atoms with Gasteiger partial charge in [-0.25, -0.2) is 4.98 Å². The molecule has 0 atom stereocenters. The van der Waals surface area contributed by atoms with Gasteiger partial charge in [0, 0.05) is 44.2 Å². The first-order chi connectivity index (χ1) is 11.6. The quantitative estimate of drug-likeness (QED) is 0.747. The average molecular weight is 346 g/mol. The summed E-state index contributed by atoms with van der Waals surface area (Å²) in [7, 11) is 1.87. The topological polar surface area (TPSA) is 64.7 Å². The maximum absolute atomic E-state index is 12.1. The van der Waals surface area contributed by atoms with Crippen LogP contribution in [0.1, 0.15) is 24.9 Å². The Morgan fingerprint density at radius 2 is 2.21 bits per heavy atom. The first kappa shape index (κ1) is 16.5. The number of hydrogen-bond donors (Lipinski definition) is 1. The molecule has 126 valence electrons. The zero-order valence-electron chi connectivity index (χ0n) is 13.8. The highest BCUT2D eigenvalue weighted by atomic mass is 35.5.